The zero-order valence-electron chi connectivity index (χ0n) is 7.74. The fourth-order valence-corrected chi connectivity index (χ4v) is 0.863. The molecule has 0 spiro atoms. The van der Waals surface area contributed by atoms with Crippen LogP contribution in [0.25, 0.3) is 0 Å². The average Bonchev–Trinajstić information content (AvgIpc) is 1.83. The van der Waals surface area contributed by atoms with Gasteiger partial charge < -0.3 is 4.18 Å². The van der Waals surface area contributed by atoms with E-state index in [-0.39, 0.29) is 5.41 Å². The molecule has 0 aromatic heterocycles. The lowest BCUT2D eigenvalue weighted by molar-refractivity contribution is 0.379. The van der Waals surface area contributed by atoms with Crippen LogP contribution in [0.4, 0.5) is 0 Å². The van der Waals surface area contributed by atoms with Crippen molar-refractivity contribution in [2.24, 2.45) is 5.41 Å². The predicted octanol–water partition coefficient (Wildman–Crippen LogP) is 1.87. The van der Waals surface area contributed by atoms with Gasteiger partial charge in [0.15, 0.2) is 0 Å². The summed E-state index contributed by atoms with van der Waals surface area (Å²) in [4.78, 5) is 0. The lowest BCUT2D eigenvalue weighted by Gasteiger charge is -2.15. The summed E-state index contributed by atoms with van der Waals surface area (Å²) in [6.45, 7) is 6.40. The quantitative estimate of drug-likeness (QED) is 0.546. The second-order valence-electron chi connectivity index (χ2n) is 3.80. The zero-order valence-corrected chi connectivity index (χ0v) is 8.64. The molecule has 0 atom stereocenters. The molecule has 12 heavy (non-hydrogen) atoms. The van der Waals surface area contributed by atoms with Crippen molar-refractivity contribution in [3.63, 3.8) is 0 Å². The number of hydrogen-bond acceptors (Lipinski definition) is 3. The minimum absolute atomic E-state index is 0.282. The highest BCUT2D eigenvalue weighted by Gasteiger charge is 2.07. The minimum atomic E-state index is -2.73. The summed E-state index contributed by atoms with van der Waals surface area (Å²) in [5, 5.41) is 0. The van der Waals surface area contributed by atoms with E-state index in [0.717, 1.165) is 12.8 Å². The van der Waals surface area contributed by atoms with Crippen molar-refractivity contribution in [3.05, 3.63) is 12.3 Å². The van der Waals surface area contributed by atoms with Crippen molar-refractivity contribution >= 4 is 11.0 Å². The number of thiol groups is 1. The molecule has 0 N–H and O–H groups in total. The summed E-state index contributed by atoms with van der Waals surface area (Å²) in [5.74, 6) is 0. The Morgan fingerprint density at radius 3 is 2.33 bits per heavy atom. The van der Waals surface area contributed by atoms with Gasteiger partial charge in [-0.3, -0.25) is 0 Å². The Kier molecular flexibility index (Phi) is 4.97. The second kappa shape index (κ2) is 5.19. The fraction of sp³-hybridized carbons (Fsp3) is 0.750. The summed E-state index contributed by atoms with van der Waals surface area (Å²) < 4.78 is 24.1. The standard InChI is InChI=1S/C8H16O3S/c1-8(2,3)6-4-5-7-11-12(9)10/h5,7,12H,4,6H2,1-3H3. The molecular weight excluding hydrogens is 176 g/mol. The molecule has 0 unspecified atom stereocenters. The van der Waals surface area contributed by atoms with E-state index in [1.165, 1.54) is 6.26 Å². The molecule has 0 aromatic carbocycles. The highest BCUT2D eigenvalue weighted by molar-refractivity contribution is 7.67. The van der Waals surface area contributed by atoms with Gasteiger partial charge in [0.2, 0.25) is 0 Å². The van der Waals surface area contributed by atoms with E-state index in [1.807, 2.05) is 0 Å². The molecule has 3 nitrogen and oxygen atoms in total. The summed E-state index contributed by atoms with van der Waals surface area (Å²) in [6, 6.07) is 0. The molecule has 0 amide bonds. The topological polar surface area (TPSA) is 43.4 Å². The Labute approximate surface area is 75.6 Å². The van der Waals surface area contributed by atoms with Crippen LogP contribution < -0.4 is 0 Å². The third-order valence-electron chi connectivity index (χ3n) is 1.30. The van der Waals surface area contributed by atoms with Crippen LogP contribution in [0.3, 0.4) is 0 Å². The van der Waals surface area contributed by atoms with Gasteiger partial charge in [-0.15, -0.1) is 0 Å². The zero-order chi connectivity index (χ0) is 9.61. The van der Waals surface area contributed by atoms with Crippen LogP contribution in [0.1, 0.15) is 33.6 Å². The Morgan fingerprint density at radius 2 is 1.92 bits per heavy atom. The van der Waals surface area contributed by atoms with Crippen LogP contribution in [0, 0.1) is 5.41 Å². The van der Waals surface area contributed by atoms with Crippen molar-refractivity contribution in [1.82, 2.24) is 0 Å². The maximum atomic E-state index is 9.92. The normalized spacial score (nSPS) is 12.7. The molecule has 0 rings (SSSR count). The van der Waals surface area contributed by atoms with Gasteiger partial charge in [-0.05, 0) is 24.3 Å². The van der Waals surface area contributed by atoms with Crippen LogP contribution in [0.15, 0.2) is 12.3 Å². The van der Waals surface area contributed by atoms with Crippen LogP contribution >= 0.6 is 0 Å². The molecule has 0 radical (unpaired) electrons. The van der Waals surface area contributed by atoms with Gasteiger partial charge in [-0.1, -0.05) is 20.8 Å². The lowest BCUT2D eigenvalue weighted by Crippen LogP contribution is -2.02. The average molecular weight is 192 g/mol. The maximum Gasteiger partial charge on any atom is 0.298 e. The lowest BCUT2D eigenvalue weighted by atomic mass is 9.91. The molecule has 0 aromatic rings. The van der Waals surface area contributed by atoms with E-state index in [0.29, 0.717) is 0 Å². The van der Waals surface area contributed by atoms with Crippen molar-refractivity contribution in [1.29, 1.82) is 0 Å². The van der Waals surface area contributed by atoms with Gasteiger partial charge in [0, 0.05) is 0 Å². The predicted molar refractivity (Wildman–Crippen MR) is 49.2 cm³/mol. The van der Waals surface area contributed by atoms with Crippen molar-refractivity contribution in [3.8, 4) is 0 Å². The van der Waals surface area contributed by atoms with E-state index < -0.39 is 11.0 Å². The number of hydrogen-bond donors (Lipinski definition) is 1. The fourth-order valence-electron chi connectivity index (χ4n) is 0.677. The minimum Gasteiger partial charge on any atom is -0.393 e. The molecule has 0 saturated heterocycles. The first-order valence-corrected chi connectivity index (χ1v) is 4.97. The molecule has 0 bridgehead atoms. The Hall–Kier alpha value is -0.510. The second-order valence-corrected chi connectivity index (χ2v) is 4.46. The third kappa shape index (κ3) is 9.49. The van der Waals surface area contributed by atoms with E-state index in [4.69, 9.17) is 0 Å². The van der Waals surface area contributed by atoms with Crippen LogP contribution in [0.5, 0.6) is 0 Å². The smallest absolute Gasteiger partial charge is 0.298 e. The first-order chi connectivity index (χ1) is 5.42. The van der Waals surface area contributed by atoms with Crippen LogP contribution in [-0.4, -0.2) is 8.42 Å². The SMILES string of the molecule is CC(C)(C)CCC=CO[SH](=O)=O. The molecule has 0 aliphatic heterocycles. The van der Waals surface area contributed by atoms with E-state index in [9.17, 15) is 8.42 Å². The Morgan fingerprint density at radius 1 is 1.33 bits per heavy atom. The van der Waals surface area contributed by atoms with Gasteiger partial charge in [-0.2, -0.15) is 8.42 Å². The van der Waals surface area contributed by atoms with Crippen LogP contribution in [0.2, 0.25) is 0 Å². The van der Waals surface area contributed by atoms with Gasteiger partial charge >= 0.3 is 0 Å². The van der Waals surface area contributed by atoms with Crippen molar-refractivity contribution in [2.75, 3.05) is 0 Å². The maximum absolute atomic E-state index is 9.92. The van der Waals surface area contributed by atoms with E-state index in [1.54, 1.807) is 6.08 Å². The van der Waals surface area contributed by atoms with Gasteiger partial charge in [0.1, 0.15) is 6.26 Å². The molecule has 0 aliphatic carbocycles. The molecule has 72 valence electrons. The van der Waals surface area contributed by atoms with Crippen LogP contribution in [-0.2, 0) is 15.2 Å². The van der Waals surface area contributed by atoms with Gasteiger partial charge in [0.25, 0.3) is 11.0 Å². The third-order valence-corrected chi connectivity index (χ3v) is 1.60. The Bertz CT molecular complexity index is 203. The first-order valence-electron chi connectivity index (χ1n) is 3.88. The largest absolute Gasteiger partial charge is 0.393 e. The number of allylic oxidation sites excluding steroid dienone is 1. The highest BCUT2D eigenvalue weighted by atomic mass is 32.2. The summed E-state index contributed by atoms with van der Waals surface area (Å²) in [7, 11) is -2.73. The molecule has 4 heteroatoms. The summed E-state index contributed by atoms with van der Waals surface area (Å²) in [5.41, 5.74) is 0.282. The van der Waals surface area contributed by atoms with Crippen molar-refractivity contribution < 1.29 is 12.6 Å². The van der Waals surface area contributed by atoms with E-state index >= 15 is 0 Å². The van der Waals surface area contributed by atoms with Gasteiger partial charge in [0.05, 0.1) is 0 Å². The van der Waals surface area contributed by atoms with E-state index in [2.05, 4.69) is 25.0 Å². The van der Waals surface area contributed by atoms with Crippen molar-refractivity contribution in [2.45, 2.75) is 33.6 Å². The Balaban J connectivity index is 3.50. The molecule has 0 fully saturated rings. The first kappa shape index (κ1) is 11.5. The molecule has 0 saturated carbocycles. The monoisotopic (exact) mass is 192 g/mol. The highest BCUT2D eigenvalue weighted by Crippen LogP contribution is 2.20. The summed E-state index contributed by atoms with van der Waals surface area (Å²) in [6.07, 6.45) is 4.79. The molecule has 0 heterocycles. The number of rotatable bonds is 4. The molecule has 0 aliphatic rings. The van der Waals surface area contributed by atoms with Gasteiger partial charge in [-0.25, -0.2) is 0 Å². The molecular formula is C8H16O3S. The summed E-state index contributed by atoms with van der Waals surface area (Å²) >= 11 is 0.